The van der Waals surface area contributed by atoms with E-state index in [0.717, 1.165) is 23.1 Å². The zero-order valence-corrected chi connectivity index (χ0v) is 16.0. The van der Waals surface area contributed by atoms with Crippen LogP contribution in [0.25, 0.3) is 10.9 Å². The lowest BCUT2D eigenvalue weighted by atomic mass is 10.1. The highest BCUT2D eigenvalue weighted by molar-refractivity contribution is 5.83. The fourth-order valence-electron chi connectivity index (χ4n) is 2.94. The zero-order chi connectivity index (χ0) is 15.7. The standard InChI is InChI=1S/C19H22N2O.HI/c1-21(2,3)14-16-13-20(19-10-5-4-9-18(16)19)12-15-7-6-8-17(22)11-15;/h4-11,13H,12,14H2,1-3H3;1H. The Bertz CT molecular complexity index is 802. The maximum absolute atomic E-state index is 9.65. The molecule has 1 N–H and O–H groups in total. The van der Waals surface area contributed by atoms with Gasteiger partial charge in [0.2, 0.25) is 0 Å². The maximum Gasteiger partial charge on any atom is 0.115 e. The van der Waals surface area contributed by atoms with Gasteiger partial charge < -0.3 is 38.1 Å². The van der Waals surface area contributed by atoms with Gasteiger partial charge in [-0.3, -0.25) is 0 Å². The predicted molar refractivity (Wildman–Crippen MR) is 90.9 cm³/mol. The van der Waals surface area contributed by atoms with E-state index in [0.29, 0.717) is 5.75 Å². The number of fused-ring (bicyclic) bond motifs is 1. The Morgan fingerprint density at radius 3 is 2.43 bits per heavy atom. The summed E-state index contributed by atoms with van der Waals surface area (Å²) >= 11 is 0. The molecule has 4 heteroatoms. The molecule has 122 valence electrons. The second-order valence-corrected chi connectivity index (χ2v) is 6.92. The number of halogens is 1. The number of benzene rings is 2. The Balaban J connectivity index is 0.00000192. The molecule has 0 bridgehead atoms. The highest BCUT2D eigenvalue weighted by Gasteiger charge is 2.15. The monoisotopic (exact) mass is 422 g/mol. The van der Waals surface area contributed by atoms with Crippen molar-refractivity contribution in [1.82, 2.24) is 4.57 Å². The lowest BCUT2D eigenvalue weighted by Crippen LogP contribution is -3.00. The van der Waals surface area contributed by atoms with Gasteiger partial charge in [-0.1, -0.05) is 30.3 Å². The van der Waals surface area contributed by atoms with Crippen molar-refractivity contribution in [2.75, 3.05) is 21.1 Å². The lowest BCUT2D eigenvalue weighted by Gasteiger charge is -2.23. The molecule has 0 saturated carbocycles. The van der Waals surface area contributed by atoms with Crippen LogP contribution >= 0.6 is 0 Å². The summed E-state index contributed by atoms with van der Waals surface area (Å²) in [6.07, 6.45) is 2.25. The minimum atomic E-state index is 0. The maximum atomic E-state index is 9.65. The molecule has 0 spiro atoms. The normalized spacial score (nSPS) is 11.4. The number of phenols is 1. The van der Waals surface area contributed by atoms with Gasteiger partial charge in [0.15, 0.2) is 0 Å². The molecule has 0 aliphatic heterocycles. The molecule has 0 amide bonds. The van der Waals surface area contributed by atoms with Crippen LogP contribution in [0.3, 0.4) is 0 Å². The van der Waals surface area contributed by atoms with Gasteiger partial charge in [0, 0.05) is 29.2 Å². The number of aromatic hydroxyl groups is 1. The van der Waals surface area contributed by atoms with Gasteiger partial charge in [-0.15, -0.1) is 0 Å². The van der Waals surface area contributed by atoms with Crippen molar-refractivity contribution in [3.8, 4) is 5.75 Å². The van der Waals surface area contributed by atoms with Crippen molar-refractivity contribution in [2.24, 2.45) is 0 Å². The number of hydrogen-bond acceptors (Lipinski definition) is 1. The van der Waals surface area contributed by atoms with Crippen molar-refractivity contribution < 1.29 is 33.6 Å². The van der Waals surface area contributed by atoms with Crippen molar-refractivity contribution in [2.45, 2.75) is 13.1 Å². The van der Waals surface area contributed by atoms with Crippen LogP contribution in [0.5, 0.6) is 5.75 Å². The van der Waals surface area contributed by atoms with Gasteiger partial charge in [-0.25, -0.2) is 0 Å². The smallest absolute Gasteiger partial charge is 0.115 e. The first kappa shape index (κ1) is 17.8. The first-order valence-corrected chi connectivity index (χ1v) is 7.57. The molecule has 3 aromatic rings. The summed E-state index contributed by atoms with van der Waals surface area (Å²) in [6.45, 7) is 1.76. The third-order valence-corrected chi connectivity index (χ3v) is 3.78. The van der Waals surface area contributed by atoms with Gasteiger partial charge in [-0.05, 0) is 23.8 Å². The fraction of sp³-hybridized carbons (Fsp3) is 0.263. The molecule has 3 nitrogen and oxygen atoms in total. The number of para-hydroxylation sites is 1. The molecule has 0 unspecified atom stereocenters. The van der Waals surface area contributed by atoms with Crippen LogP contribution in [0.4, 0.5) is 0 Å². The quantitative estimate of drug-likeness (QED) is 0.484. The molecule has 3 rings (SSSR count). The number of rotatable bonds is 4. The first-order chi connectivity index (χ1) is 10.4. The number of aromatic nitrogens is 1. The largest absolute Gasteiger partial charge is 1.00 e. The van der Waals surface area contributed by atoms with E-state index in [2.05, 4.69) is 56.2 Å². The van der Waals surface area contributed by atoms with Gasteiger partial charge >= 0.3 is 0 Å². The van der Waals surface area contributed by atoms with E-state index in [1.54, 1.807) is 6.07 Å². The van der Waals surface area contributed by atoms with Crippen molar-refractivity contribution in [3.63, 3.8) is 0 Å². The Labute approximate surface area is 154 Å². The number of quaternary nitrogens is 1. The van der Waals surface area contributed by atoms with E-state index in [4.69, 9.17) is 0 Å². The molecule has 0 radical (unpaired) electrons. The predicted octanol–water partition coefficient (Wildman–Crippen LogP) is 0.605. The average molecular weight is 422 g/mol. The minimum absolute atomic E-state index is 0. The second kappa shape index (κ2) is 6.93. The van der Waals surface area contributed by atoms with Gasteiger partial charge in [0.25, 0.3) is 0 Å². The van der Waals surface area contributed by atoms with Crippen molar-refractivity contribution >= 4 is 10.9 Å². The molecular weight excluding hydrogens is 399 g/mol. The van der Waals surface area contributed by atoms with E-state index < -0.39 is 0 Å². The van der Waals surface area contributed by atoms with Gasteiger partial charge in [-0.2, -0.15) is 0 Å². The van der Waals surface area contributed by atoms with Crippen LogP contribution in [0.15, 0.2) is 54.7 Å². The third kappa shape index (κ3) is 4.26. The fourth-order valence-corrected chi connectivity index (χ4v) is 2.94. The van der Waals surface area contributed by atoms with E-state index in [1.807, 2.05) is 18.2 Å². The van der Waals surface area contributed by atoms with Crippen LogP contribution in [-0.2, 0) is 13.1 Å². The summed E-state index contributed by atoms with van der Waals surface area (Å²) in [5.41, 5.74) is 3.72. The minimum Gasteiger partial charge on any atom is -1.00 e. The summed E-state index contributed by atoms with van der Waals surface area (Å²) in [5.74, 6) is 0.320. The van der Waals surface area contributed by atoms with Crippen LogP contribution < -0.4 is 24.0 Å². The molecular formula is C19H23IN2O. The van der Waals surface area contributed by atoms with Crippen LogP contribution in [0, 0.1) is 0 Å². The molecule has 23 heavy (non-hydrogen) atoms. The number of hydrogen-bond donors (Lipinski definition) is 1. The highest BCUT2D eigenvalue weighted by atomic mass is 127. The van der Waals surface area contributed by atoms with E-state index in [-0.39, 0.29) is 24.0 Å². The summed E-state index contributed by atoms with van der Waals surface area (Å²) in [7, 11) is 6.63. The zero-order valence-electron chi connectivity index (χ0n) is 13.8. The molecule has 0 aliphatic rings. The van der Waals surface area contributed by atoms with Gasteiger partial charge in [0.05, 0.1) is 21.1 Å². The van der Waals surface area contributed by atoms with E-state index in [9.17, 15) is 5.11 Å². The van der Waals surface area contributed by atoms with Crippen molar-refractivity contribution in [1.29, 1.82) is 0 Å². The Morgan fingerprint density at radius 1 is 1.00 bits per heavy atom. The van der Waals surface area contributed by atoms with E-state index >= 15 is 0 Å². The molecule has 0 saturated heterocycles. The summed E-state index contributed by atoms with van der Waals surface area (Å²) in [5, 5.41) is 11.0. The Morgan fingerprint density at radius 2 is 1.74 bits per heavy atom. The number of phenolic OH excluding ortho intramolecular Hbond substituents is 1. The van der Waals surface area contributed by atoms with Gasteiger partial charge in [0.1, 0.15) is 12.3 Å². The Hall–Kier alpha value is -1.53. The van der Waals surface area contributed by atoms with Crippen LogP contribution in [0.1, 0.15) is 11.1 Å². The van der Waals surface area contributed by atoms with Crippen molar-refractivity contribution in [3.05, 3.63) is 65.9 Å². The van der Waals surface area contributed by atoms with Crippen LogP contribution in [0.2, 0.25) is 0 Å². The second-order valence-electron chi connectivity index (χ2n) is 6.92. The third-order valence-electron chi connectivity index (χ3n) is 3.78. The molecule has 2 aromatic carbocycles. The molecule has 1 aromatic heterocycles. The highest BCUT2D eigenvalue weighted by Crippen LogP contribution is 2.25. The topological polar surface area (TPSA) is 25.2 Å². The molecule has 0 aliphatic carbocycles. The molecule has 0 fully saturated rings. The molecule has 1 heterocycles. The molecule has 0 atom stereocenters. The Kier molecular flexibility index (Phi) is 5.37. The summed E-state index contributed by atoms with van der Waals surface area (Å²) in [4.78, 5) is 0. The number of nitrogens with zero attached hydrogens (tertiary/aromatic N) is 2. The van der Waals surface area contributed by atoms with E-state index in [1.165, 1.54) is 16.5 Å². The SMILES string of the molecule is C[N+](C)(C)Cc1cn(Cc2cccc(O)c2)c2ccccc12.[I-]. The first-order valence-electron chi connectivity index (χ1n) is 7.57. The average Bonchev–Trinajstić information content (AvgIpc) is 2.75. The summed E-state index contributed by atoms with van der Waals surface area (Å²) < 4.78 is 3.18. The summed E-state index contributed by atoms with van der Waals surface area (Å²) in [6, 6.07) is 16.0. The lowest BCUT2D eigenvalue weighted by molar-refractivity contribution is -0.883. The van der Waals surface area contributed by atoms with Crippen LogP contribution in [-0.4, -0.2) is 35.3 Å².